The predicted molar refractivity (Wildman–Crippen MR) is 126 cm³/mol. The van der Waals surface area contributed by atoms with Gasteiger partial charge in [-0.05, 0) is 17.5 Å². The molecule has 3 amide bonds. The minimum absolute atomic E-state index is 0.0671. The molecule has 12 heteroatoms. The number of benzene rings is 1. The molecule has 1 heterocycles. The highest BCUT2D eigenvalue weighted by Crippen LogP contribution is 2.19. The van der Waals surface area contributed by atoms with Crippen LogP contribution in [0.5, 0.6) is 0 Å². The van der Waals surface area contributed by atoms with Crippen molar-refractivity contribution in [2.45, 2.75) is 51.2 Å². The van der Waals surface area contributed by atoms with E-state index in [1.807, 2.05) is 19.1 Å². The third kappa shape index (κ3) is 7.81. The number of aliphatic carboxylic acids is 2. The van der Waals surface area contributed by atoms with Crippen molar-refractivity contribution in [2.75, 3.05) is 6.54 Å². The smallest absolute Gasteiger partial charge is 0.326 e. The molecule has 1 aromatic heterocycles. The fraction of sp³-hybridized carbons (Fsp3) is 0.435. The Labute approximate surface area is 201 Å². The molecular weight excluding hydrogens is 458 g/mol. The SMILES string of the molecule is CCC(C)C(N)C(=O)NCC(=O)NC(CC(=O)O)C(=O)NC(Cc1c[nH]c2ccccc12)C(=O)O. The Morgan fingerprint density at radius 2 is 1.71 bits per heavy atom. The molecule has 190 valence electrons. The first-order valence-electron chi connectivity index (χ1n) is 11.2. The van der Waals surface area contributed by atoms with Crippen LogP contribution in [0.2, 0.25) is 0 Å². The van der Waals surface area contributed by atoms with Gasteiger partial charge >= 0.3 is 11.9 Å². The van der Waals surface area contributed by atoms with Crippen LogP contribution in [0.3, 0.4) is 0 Å². The van der Waals surface area contributed by atoms with Crippen LogP contribution >= 0.6 is 0 Å². The van der Waals surface area contributed by atoms with Gasteiger partial charge in [-0.15, -0.1) is 0 Å². The van der Waals surface area contributed by atoms with Gasteiger partial charge in [-0.3, -0.25) is 19.2 Å². The first-order chi connectivity index (χ1) is 16.5. The molecule has 0 aliphatic carbocycles. The zero-order valence-corrected chi connectivity index (χ0v) is 19.5. The molecular formula is C23H31N5O7. The monoisotopic (exact) mass is 489 g/mol. The van der Waals surface area contributed by atoms with E-state index in [0.29, 0.717) is 12.0 Å². The normalized spacial score (nSPS) is 14.4. The quantitative estimate of drug-likeness (QED) is 0.199. The van der Waals surface area contributed by atoms with Crippen molar-refractivity contribution in [2.24, 2.45) is 11.7 Å². The number of rotatable bonds is 13. The van der Waals surface area contributed by atoms with Crippen molar-refractivity contribution in [1.29, 1.82) is 0 Å². The van der Waals surface area contributed by atoms with Crippen molar-refractivity contribution < 1.29 is 34.2 Å². The molecule has 0 saturated carbocycles. The Morgan fingerprint density at radius 3 is 2.34 bits per heavy atom. The van der Waals surface area contributed by atoms with Crippen molar-refractivity contribution in [3.05, 3.63) is 36.0 Å². The Morgan fingerprint density at radius 1 is 1.03 bits per heavy atom. The Hall–Kier alpha value is -3.93. The Bertz CT molecular complexity index is 1080. The van der Waals surface area contributed by atoms with Gasteiger partial charge in [-0.2, -0.15) is 0 Å². The summed E-state index contributed by atoms with van der Waals surface area (Å²) in [5.41, 5.74) is 7.24. The summed E-state index contributed by atoms with van der Waals surface area (Å²) in [5, 5.41) is 26.4. The van der Waals surface area contributed by atoms with Crippen molar-refractivity contribution in [3.8, 4) is 0 Å². The number of para-hydroxylation sites is 1. The van der Waals surface area contributed by atoms with Crippen LogP contribution in [0, 0.1) is 5.92 Å². The average molecular weight is 490 g/mol. The summed E-state index contributed by atoms with van der Waals surface area (Å²) in [6.45, 7) is 3.12. The van der Waals surface area contributed by atoms with E-state index in [1.165, 1.54) is 0 Å². The maximum atomic E-state index is 12.7. The minimum Gasteiger partial charge on any atom is -0.481 e. The number of carbonyl (C=O) groups is 5. The summed E-state index contributed by atoms with van der Waals surface area (Å²) in [7, 11) is 0. The number of amides is 3. The largest absolute Gasteiger partial charge is 0.481 e. The highest BCUT2D eigenvalue weighted by Gasteiger charge is 2.29. The summed E-state index contributed by atoms with van der Waals surface area (Å²) in [6, 6.07) is 3.48. The van der Waals surface area contributed by atoms with Gasteiger partial charge in [0.1, 0.15) is 12.1 Å². The van der Waals surface area contributed by atoms with Gasteiger partial charge in [0, 0.05) is 23.5 Å². The van der Waals surface area contributed by atoms with Crippen molar-refractivity contribution >= 4 is 40.6 Å². The lowest BCUT2D eigenvalue weighted by Crippen LogP contribution is -2.55. The first kappa shape index (κ1) is 27.3. The van der Waals surface area contributed by atoms with E-state index in [-0.39, 0.29) is 12.3 Å². The summed E-state index contributed by atoms with van der Waals surface area (Å²) in [4.78, 5) is 63.1. The molecule has 0 radical (unpaired) electrons. The van der Waals surface area contributed by atoms with Crippen LogP contribution in [-0.2, 0) is 30.4 Å². The molecule has 0 bridgehead atoms. The van der Waals surface area contributed by atoms with E-state index in [0.717, 1.165) is 10.9 Å². The number of fused-ring (bicyclic) bond motifs is 1. The third-order valence-corrected chi connectivity index (χ3v) is 5.73. The van der Waals surface area contributed by atoms with Gasteiger partial charge < -0.3 is 36.9 Å². The highest BCUT2D eigenvalue weighted by atomic mass is 16.4. The lowest BCUT2D eigenvalue weighted by molar-refractivity contribution is -0.143. The second-order valence-electron chi connectivity index (χ2n) is 8.31. The van der Waals surface area contributed by atoms with Gasteiger partial charge in [-0.1, -0.05) is 38.5 Å². The zero-order valence-electron chi connectivity index (χ0n) is 19.5. The number of H-pyrrole nitrogens is 1. The van der Waals surface area contributed by atoms with Gasteiger partial charge in [0.2, 0.25) is 17.7 Å². The number of aromatic nitrogens is 1. The van der Waals surface area contributed by atoms with Crippen LogP contribution in [0.25, 0.3) is 10.9 Å². The van der Waals surface area contributed by atoms with E-state index in [9.17, 15) is 29.1 Å². The molecule has 35 heavy (non-hydrogen) atoms. The van der Waals surface area contributed by atoms with Crippen LogP contribution < -0.4 is 21.7 Å². The molecule has 0 aliphatic heterocycles. The van der Waals surface area contributed by atoms with Gasteiger partial charge in [0.15, 0.2) is 0 Å². The number of carboxylic acids is 2. The van der Waals surface area contributed by atoms with Gasteiger partial charge in [0.05, 0.1) is 19.0 Å². The lowest BCUT2D eigenvalue weighted by Gasteiger charge is -2.21. The van der Waals surface area contributed by atoms with E-state index in [4.69, 9.17) is 10.8 Å². The molecule has 12 nitrogen and oxygen atoms in total. The highest BCUT2D eigenvalue weighted by molar-refractivity contribution is 5.94. The predicted octanol–water partition coefficient (Wildman–Crippen LogP) is -0.271. The molecule has 0 saturated heterocycles. The van der Waals surface area contributed by atoms with Gasteiger partial charge in [-0.25, -0.2) is 4.79 Å². The minimum atomic E-state index is -1.55. The maximum absolute atomic E-state index is 12.7. The summed E-state index contributed by atoms with van der Waals surface area (Å²) in [5.74, 6) is -5.17. The summed E-state index contributed by atoms with van der Waals surface area (Å²) >= 11 is 0. The molecule has 0 spiro atoms. The number of aromatic amines is 1. The van der Waals surface area contributed by atoms with Crippen molar-refractivity contribution in [1.82, 2.24) is 20.9 Å². The zero-order chi connectivity index (χ0) is 26.1. The summed E-state index contributed by atoms with van der Waals surface area (Å²) < 4.78 is 0. The molecule has 0 fully saturated rings. The van der Waals surface area contributed by atoms with E-state index in [2.05, 4.69) is 20.9 Å². The second-order valence-corrected chi connectivity index (χ2v) is 8.31. The average Bonchev–Trinajstić information content (AvgIpc) is 3.23. The number of carbonyl (C=O) groups excluding carboxylic acids is 3. The van der Waals surface area contributed by atoms with Gasteiger partial charge in [0.25, 0.3) is 0 Å². The topological polar surface area (TPSA) is 204 Å². The molecule has 4 unspecified atom stereocenters. The fourth-order valence-corrected chi connectivity index (χ4v) is 3.42. The van der Waals surface area contributed by atoms with Crippen LogP contribution in [0.15, 0.2) is 30.5 Å². The standard InChI is InChI=1S/C23H31N5O7/c1-3-12(2)20(24)22(33)26-11-18(29)27-16(9-19(30)31)21(32)28-17(23(34)35)8-13-10-25-15-7-5-4-6-14(13)15/h4-7,10,12,16-17,20,25H,3,8-9,11,24H2,1-2H3,(H,26,33)(H,27,29)(H,28,32)(H,30,31)(H,34,35). The van der Waals surface area contributed by atoms with Crippen LogP contribution in [-0.4, -0.2) is 69.5 Å². The third-order valence-electron chi connectivity index (χ3n) is 5.73. The lowest BCUT2D eigenvalue weighted by atomic mass is 9.99. The number of carboxylic acid groups (broad SMARTS) is 2. The molecule has 0 aliphatic rings. The fourth-order valence-electron chi connectivity index (χ4n) is 3.42. The number of hydrogen-bond acceptors (Lipinski definition) is 6. The number of nitrogens with one attached hydrogen (secondary N) is 4. The Balaban J connectivity index is 2.04. The molecule has 2 rings (SSSR count). The molecule has 4 atom stereocenters. The van der Waals surface area contributed by atoms with E-state index >= 15 is 0 Å². The first-order valence-corrected chi connectivity index (χ1v) is 11.2. The number of nitrogens with two attached hydrogens (primary N) is 1. The van der Waals surface area contributed by atoms with Crippen LogP contribution in [0.1, 0.15) is 32.3 Å². The van der Waals surface area contributed by atoms with Crippen LogP contribution in [0.4, 0.5) is 0 Å². The molecule has 8 N–H and O–H groups in total. The number of hydrogen-bond donors (Lipinski definition) is 7. The molecule has 2 aromatic rings. The summed E-state index contributed by atoms with van der Waals surface area (Å²) in [6.07, 6.45) is 1.45. The Kier molecular flexibility index (Phi) is 9.76. The van der Waals surface area contributed by atoms with E-state index in [1.54, 1.807) is 25.3 Å². The van der Waals surface area contributed by atoms with E-state index < -0.39 is 60.8 Å². The molecule has 1 aromatic carbocycles. The second kappa shape index (κ2) is 12.5. The maximum Gasteiger partial charge on any atom is 0.326 e. The van der Waals surface area contributed by atoms with Crippen molar-refractivity contribution in [3.63, 3.8) is 0 Å².